The van der Waals surface area contributed by atoms with Crippen LogP contribution in [-0.2, 0) is 6.54 Å². The minimum atomic E-state index is -0.482. The summed E-state index contributed by atoms with van der Waals surface area (Å²) in [5, 5.41) is 15.1. The van der Waals surface area contributed by atoms with Gasteiger partial charge < -0.3 is 10.4 Å². The smallest absolute Gasteiger partial charge is 0.0900 e. The standard InChI is InChI=1S/C14H24N2OS/c1-11-13(18-12(2)16-11)9-15-10-14(17)7-5-3-4-6-8-14/h15,17H,3-10H2,1-2H3. The van der Waals surface area contributed by atoms with Crippen LogP contribution in [0.1, 0.15) is 54.1 Å². The van der Waals surface area contributed by atoms with E-state index in [0.717, 1.165) is 42.9 Å². The van der Waals surface area contributed by atoms with E-state index in [0.29, 0.717) is 6.54 Å². The van der Waals surface area contributed by atoms with E-state index >= 15 is 0 Å². The summed E-state index contributed by atoms with van der Waals surface area (Å²) in [5.41, 5.74) is 0.641. The van der Waals surface area contributed by atoms with Crippen LogP contribution in [0.3, 0.4) is 0 Å². The van der Waals surface area contributed by atoms with Crippen molar-refractivity contribution in [3.8, 4) is 0 Å². The van der Waals surface area contributed by atoms with Gasteiger partial charge in [-0.2, -0.15) is 0 Å². The Kier molecular flexibility index (Phi) is 4.76. The molecule has 18 heavy (non-hydrogen) atoms. The number of nitrogens with zero attached hydrogens (tertiary/aromatic N) is 1. The predicted molar refractivity (Wildman–Crippen MR) is 75.9 cm³/mol. The molecule has 0 unspecified atom stereocenters. The van der Waals surface area contributed by atoms with E-state index in [4.69, 9.17) is 0 Å². The van der Waals surface area contributed by atoms with E-state index in [1.165, 1.54) is 17.7 Å². The van der Waals surface area contributed by atoms with Gasteiger partial charge in [-0.05, 0) is 26.7 Å². The van der Waals surface area contributed by atoms with Gasteiger partial charge in [-0.1, -0.05) is 25.7 Å². The number of hydrogen-bond donors (Lipinski definition) is 2. The topological polar surface area (TPSA) is 45.2 Å². The third kappa shape index (κ3) is 3.77. The number of hydrogen-bond acceptors (Lipinski definition) is 4. The molecule has 0 atom stereocenters. The van der Waals surface area contributed by atoms with E-state index in [1.807, 2.05) is 6.92 Å². The van der Waals surface area contributed by atoms with Crippen molar-refractivity contribution >= 4 is 11.3 Å². The van der Waals surface area contributed by atoms with Crippen molar-refractivity contribution in [1.82, 2.24) is 10.3 Å². The lowest BCUT2D eigenvalue weighted by atomic mass is 9.94. The molecule has 0 spiro atoms. The summed E-state index contributed by atoms with van der Waals surface area (Å²) in [6.07, 6.45) is 6.76. The first kappa shape index (κ1) is 14.0. The molecule has 102 valence electrons. The molecule has 1 saturated carbocycles. The van der Waals surface area contributed by atoms with Crippen molar-refractivity contribution in [3.63, 3.8) is 0 Å². The second-order valence-electron chi connectivity index (χ2n) is 5.48. The fourth-order valence-electron chi connectivity index (χ4n) is 2.71. The fraction of sp³-hybridized carbons (Fsp3) is 0.786. The van der Waals surface area contributed by atoms with Gasteiger partial charge in [-0.25, -0.2) is 4.98 Å². The third-order valence-electron chi connectivity index (χ3n) is 3.77. The molecule has 0 aromatic carbocycles. The molecule has 4 heteroatoms. The molecule has 1 aliphatic rings. The van der Waals surface area contributed by atoms with Crippen molar-refractivity contribution in [2.24, 2.45) is 0 Å². The highest BCUT2D eigenvalue weighted by molar-refractivity contribution is 7.11. The molecule has 1 aromatic heterocycles. The predicted octanol–water partition coefficient (Wildman–Crippen LogP) is 2.93. The zero-order valence-electron chi connectivity index (χ0n) is 11.5. The lowest BCUT2D eigenvalue weighted by Gasteiger charge is -2.26. The second kappa shape index (κ2) is 6.13. The number of aromatic nitrogens is 1. The summed E-state index contributed by atoms with van der Waals surface area (Å²) in [5.74, 6) is 0. The Balaban J connectivity index is 1.82. The molecule has 0 bridgehead atoms. The van der Waals surface area contributed by atoms with Crippen molar-refractivity contribution in [2.45, 2.75) is 64.5 Å². The van der Waals surface area contributed by atoms with Crippen LogP contribution in [0.4, 0.5) is 0 Å². The highest BCUT2D eigenvalue weighted by Gasteiger charge is 2.27. The minimum Gasteiger partial charge on any atom is -0.389 e. The largest absolute Gasteiger partial charge is 0.389 e. The maximum atomic E-state index is 10.5. The SMILES string of the molecule is Cc1nc(C)c(CNCC2(O)CCCCCC2)s1. The van der Waals surface area contributed by atoms with Crippen LogP contribution >= 0.6 is 11.3 Å². The number of rotatable bonds is 4. The van der Waals surface area contributed by atoms with Gasteiger partial charge in [0.25, 0.3) is 0 Å². The zero-order chi connectivity index (χ0) is 13.0. The molecular weight excluding hydrogens is 244 g/mol. The molecule has 1 aliphatic carbocycles. The Hall–Kier alpha value is -0.450. The normalized spacial score (nSPS) is 19.7. The lowest BCUT2D eigenvalue weighted by molar-refractivity contribution is 0.0251. The maximum absolute atomic E-state index is 10.5. The van der Waals surface area contributed by atoms with Crippen molar-refractivity contribution in [2.75, 3.05) is 6.54 Å². The number of nitrogens with one attached hydrogen (secondary N) is 1. The van der Waals surface area contributed by atoms with Crippen LogP contribution in [0.25, 0.3) is 0 Å². The van der Waals surface area contributed by atoms with Crippen molar-refractivity contribution < 1.29 is 5.11 Å². The Morgan fingerprint density at radius 2 is 1.89 bits per heavy atom. The van der Waals surface area contributed by atoms with Crippen molar-refractivity contribution in [1.29, 1.82) is 0 Å². The molecule has 1 heterocycles. The van der Waals surface area contributed by atoms with E-state index in [9.17, 15) is 5.11 Å². The fourth-order valence-corrected chi connectivity index (χ4v) is 3.62. The zero-order valence-corrected chi connectivity index (χ0v) is 12.3. The van der Waals surface area contributed by atoms with Gasteiger partial charge >= 0.3 is 0 Å². The number of thiazole rings is 1. The van der Waals surface area contributed by atoms with Gasteiger partial charge in [0.15, 0.2) is 0 Å². The Morgan fingerprint density at radius 3 is 2.44 bits per heavy atom. The average Bonchev–Trinajstić information content (AvgIpc) is 2.51. The molecule has 2 rings (SSSR count). The van der Waals surface area contributed by atoms with Crippen LogP contribution in [0.15, 0.2) is 0 Å². The number of aliphatic hydroxyl groups is 1. The van der Waals surface area contributed by atoms with Gasteiger partial charge in [0.2, 0.25) is 0 Å². The lowest BCUT2D eigenvalue weighted by Crippen LogP contribution is -2.39. The molecule has 0 amide bonds. The maximum Gasteiger partial charge on any atom is 0.0900 e. The highest BCUT2D eigenvalue weighted by Crippen LogP contribution is 2.26. The number of aryl methyl sites for hydroxylation is 2. The van der Waals surface area contributed by atoms with E-state index in [1.54, 1.807) is 11.3 Å². The van der Waals surface area contributed by atoms with Crippen LogP contribution < -0.4 is 5.32 Å². The summed E-state index contributed by atoms with van der Waals surface area (Å²) in [6, 6.07) is 0. The van der Waals surface area contributed by atoms with Gasteiger partial charge in [-0.3, -0.25) is 0 Å². The van der Waals surface area contributed by atoms with Crippen LogP contribution in [0.2, 0.25) is 0 Å². The summed E-state index contributed by atoms with van der Waals surface area (Å²) in [4.78, 5) is 5.72. The van der Waals surface area contributed by atoms with E-state index < -0.39 is 5.60 Å². The molecule has 3 nitrogen and oxygen atoms in total. The van der Waals surface area contributed by atoms with Crippen LogP contribution in [0, 0.1) is 13.8 Å². The van der Waals surface area contributed by atoms with Gasteiger partial charge in [0.1, 0.15) is 0 Å². The van der Waals surface area contributed by atoms with E-state index in [2.05, 4.69) is 17.2 Å². The molecular formula is C14H24N2OS. The molecule has 2 N–H and O–H groups in total. The van der Waals surface area contributed by atoms with Gasteiger partial charge in [-0.15, -0.1) is 11.3 Å². The van der Waals surface area contributed by atoms with Gasteiger partial charge in [0.05, 0.1) is 16.3 Å². The van der Waals surface area contributed by atoms with Gasteiger partial charge in [0, 0.05) is 18.0 Å². The van der Waals surface area contributed by atoms with Crippen LogP contribution in [0.5, 0.6) is 0 Å². The average molecular weight is 268 g/mol. The molecule has 0 saturated heterocycles. The molecule has 0 radical (unpaired) electrons. The van der Waals surface area contributed by atoms with Crippen molar-refractivity contribution in [3.05, 3.63) is 15.6 Å². The first-order valence-electron chi connectivity index (χ1n) is 6.95. The quantitative estimate of drug-likeness (QED) is 0.825. The molecule has 0 aliphatic heterocycles. The first-order chi connectivity index (χ1) is 8.59. The summed E-state index contributed by atoms with van der Waals surface area (Å²) in [6.45, 7) is 5.64. The molecule has 1 fully saturated rings. The first-order valence-corrected chi connectivity index (χ1v) is 7.77. The summed E-state index contributed by atoms with van der Waals surface area (Å²) in [7, 11) is 0. The second-order valence-corrected chi connectivity index (χ2v) is 6.77. The summed E-state index contributed by atoms with van der Waals surface area (Å²) < 4.78 is 0. The monoisotopic (exact) mass is 268 g/mol. The summed E-state index contributed by atoms with van der Waals surface area (Å²) >= 11 is 1.75. The minimum absolute atomic E-state index is 0.482. The van der Waals surface area contributed by atoms with E-state index in [-0.39, 0.29) is 0 Å². The van der Waals surface area contributed by atoms with Crippen LogP contribution in [-0.4, -0.2) is 22.2 Å². The third-order valence-corrected chi connectivity index (χ3v) is 4.85. The Morgan fingerprint density at radius 1 is 1.22 bits per heavy atom. The Labute approximate surface area is 114 Å². The highest BCUT2D eigenvalue weighted by atomic mass is 32.1. The molecule has 1 aromatic rings. The Bertz CT molecular complexity index is 381.